The molecule has 0 radical (unpaired) electrons. The number of halogens is 1. The number of carbonyl (C=O) groups excluding carboxylic acids is 2. The maximum atomic E-state index is 12.3. The first-order chi connectivity index (χ1) is 8.94. The van der Waals surface area contributed by atoms with Gasteiger partial charge in [-0.25, -0.2) is 0 Å². The first-order valence-corrected chi connectivity index (χ1v) is 7.28. The Labute approximate surface area is 134 Å². The van der Waals surface area contributed by atoms with E-state index in [2.05, 4.69) is 0 Å². The van der Waals surface area contributed by atoms with E-state index in [1.54, 1.807) is 4.90 Å². The predicted octanol–water partition coefficient (Wildman–Crippen LogP) is 1.50. The molecule has 1 atom stereocenters. The van der Waals surface area contributed by atoms with Crippen molar-refractivity contribution < 1.29 is 9.59 Å². The fourth-order valence-electron chi connectivity index (χ4n) is 2.17. The van der Waals surface area contributed by atoms with Crippen LogP contribution in [0.4, 0.5) is 0 Å². The third-order valence-electron chi connectivity index (χ3n) is 3.72. The average Bonchev–Trinajstić information content (AvgIpc) is 2.34. The lowest BCUT2D eigenvalue weighted by Gasteiger charge is -2.40. The molecule has 0 spiro atoms. The number of hydrogen-bond donors (Lipinski definition) is 1. The van der Waals surface area contributed by atoms with Crippen LogP contribution in [0.3, 0.4) is 0 Å². The fourth-order valence-corrected chi connectivity index (χ4v) is 2.17. The lowest BCUT2D eigenvalue weighted by molar-refractivity contribution is -0.146. The van der Waals surface area contributed by atoms with Crippen LogP contribution >= 0.6 is 12.4 Å². The van der Waals surface area contributed by atoms with E-state index in [-0.39, 0.29) is 35.1 Å². The van der Waals surface area contributed by atoms with Gasteiger partial charge in [-0.2, -0.15) is 0 Å². The zero-order valence-electron chi connectivity index (χ0n) is 14.1. The van der Waals surface area contributed by atoms with E-state index in [0.29, 0.717) is 26.2 Å². The molecule has 124 valence electrons. The van der Waals surface area contributed by atoms with Crippen molar-refractivity contribution in [2.75, 3.05) is 26.2 Å². The summed E-state index contributed by atoms with van der Waals surface area (Å²) >= 11 is 0. The quantitative estimate of drug-likeness (QED) is 0.796. The highest BCUT2D eigenvalue weighted by Crippen LogP contribution is 2.21. The second-order valence-electron chi connectivity index (χ2n) is 7.71. The molecule has 1 heterocycles. The maximum absolute atomic E-state index is 12.3. The number of amides is 2. The SMILES string of the molecule is CC(C)(C)C(=O)N1CCN(C(=O)[C@@H](N)C(C)(C)C)CC1.Cl. The van der Waals surface area contributed by atoms with E-state index >= 15 is 0 Å². The molecule has 0 bridgehead atoms. The van der Waals surface area contributed by atoms with Gasteiger partial charge in [-0.15, -0.1) is 12.4 Å². The van der Waals surface area contributed by atoms with Crippen molar-refractivity contribution in [2.45, 2.75) is 47.6 Å². The molecule has 0 aromatic heterocycles. The molecule has 0 saturated carbocycles. The molecule has 21 heavy (non-hydrogen) atoms. The molecule has 1 aliphatic heterocycles. The van der Waals surface area contributed by atoms with Gasteiger partial charge in [-0.1, -0.05) is 41.5 Å². The molecule has 0 aromatic rings. The van der Waals surface area contributed by atoms with Crippen LogP contribution in [0.5, 0.6) is 0 Å². The highest BCUT2D eigenvalue weighted by molar-refractivity contribution is 5.85. The van der Waals surface area contributed by atoms with Gasteiger partial charge in [0.1, 0.15) is 0 Å². The molecular formula is C15H30ClN3O2. The van der Waals surface area contributed by atoms with E-state index in [9.17, 15) is 9.59 Å². The van der Waals surface area contributed by atoms with E-state index in [1.165, 1.54) is 0 Å². The summed E-state index contributed by atoms with van der Waals surface area (Å²) in [5.41, 5.74) is 5.41. The predicted molar refractivity (Wildman–Crippen MR) is 87.3 cm³/mol. The molecule has 2 N–H and O–H groups in total. The largest absolute Gasteiger partial charge is 0.339 e. The molecule has 1 fully saturated rings. The molecule has 1 aliphatic rings. The van der Waals surface area contributed by atoms with Crippen LogP contribution in [0, 0.1) is 10.8 Å². The van der Waals surface area contributed by atoms with Gasteiger partial charge in [0.05, 0.1) is 6.04 Å². The van der Waals surface area contributed by atoms with Crippen molar-refractivity contribution in [3.63, 3.8) is 0 Å². The molecule has 1 saturated heterocycles. The first-order valence-electron chi connectivity index (χ1n) is 7.28. The lowest BCUT2D eigenvalue weighted by Crippen LogP contribution is -2.57. The third-order valence-corrected chi connectivity index (χ3v) is 3.72. The van der Waals surface area contributed by atoms with Crippen molar-refractivity contribution in [3.05, 3.63) is 0 Å². The van der Waals surface area contributed by atoms with Crippen LogP contribution in [0.15, 0.2) is 0 Å². The smallest absolute Gasteiger partial charge is 0.240 e. The Morgan fingerprint density at radius 2 is 1.29 bits per heavy atom. The van der Waals surface area contributed by atoms with Crippen LogP contribution in [-0.2, 0) is 9.59 Å². The summed E-state index contributed by atoms with van der Waals surface area (Å²) in [5, 5.41) is 0. The summed E-state index contributed by atoms with van der Waals surface area (Å²) in [5.74, 6) is 0.130. The Bertz CT molecular complexity index is 377. The molecule has 0 aliphatic carbocycles. The number of nitrogens with zero attached hydrogens (tertiary/aromatic N) is 2. The van der Waals surface area contributed by atoms with Gasteiger partial charge in [0.15, 0.2) is 0 Å². The van der Waals surface area contributed by atoms with Gasteiger partial charge >= 0.3 is 0 Å². The minimum absolute atomic E-state index is 0. The summed E-state index contributed by atoms with van der Waals surface area (Å²) in [4.78, 5) is 28.1. The van der Waals surface area contributed by atoms with E-state index < -0.39 is 6.04 Å². The maximum Gasteiger partial charge on any atom is 0.240 e. The zero-order valence-corrected chi connectivity index (χ0v) is 14.9. The van der Waals surface area contributed by atoms with E-state index in [0.717, 1.165) is 0 Å². The minimum atomic E-state index is -0.493. The Balaban J connectivity index is 0.00000400. The molecule has 0 aromatic carbocycles. The van der Waals surface area contributed by atoms with Crippen LogP contribution < -0.4 is 5.73 Å². The first kappa shape index (κ1) is 20.2. The molecule has 6 heteroatoms. The van der Waals surface area contributed by atoms with Crippen molar-refractivity contribution in [2.24, 2.45) is 16.6 Å². The Kier molecular flexibility index (Phi) is 6.70. The normalized spacial score (nSPS) is 18.0. The number of carbonyl (C=O) groups is 2. The minimum Gasteiger partial charge on any atom is -0.339 e. The Morgan fingerprint density at radius 1 is 0.905 bits per heavy atom. The Morgan fingerprint density at radius 3 is 1.62 bits per heavy atom. The average molecular weight is 320 g/mol. The van der Waals surface area contributed by atoms with Crippen molar-refractivity contribution in [3.8, 4) is 0 Å². The molecular weight excluding hydrogens is 290 g/mol. The zero-order chi connectivity index (χ0) is 15.7. The number of piperazine rings is 1. The third kappa shape index (κ3) is 5.15. The topological polar surface area (TPSA) is 66.6 Å². The van der Waals surface area contributed by atoms with E-state index in [1.807, 2.05) is 46.4 Å². The van der Waals surface area contributed by atoms with Crippen molar-refractivity contribution in [1.82, 2.24) is 9.80 Å². The molecule has 0 unspecified atom stereocenters. The van der Waals surface area contributed by atoms with E-state index in [4.69, 9.17) is 5.73 Å². The molecule has 1 rings (SSSR count). The highest BCUT2D eigenvalue weighted by atomic mass is 35.5. The molecule has 5 nitrogen and oxygen atoms in total. The highest BCUT2D eigenvalue weighted by Gasteiger charge is 2.35. The van der Waals surface area contributed by atoms with Gasteiger partial charge in [-0.05, 0) is 5.41 Å². The van der Waals surface area contributed by atoms with Gasteiger partial charge < -0.3 is 15.5 Å². The standard InChI is InChI=1S/C15H29N3O2.ClH/c1-14(2,3)11(16)12(19)17-7-9-18(10-8-17)13(20)15(4,5)6;/h11H,7-10,16H2,1-6H3;1H/t11-;/m1./s1. The molecule has 2 amide bonds. The number of hydrogen-bond acceptors (Lipinski definition) is 3. The summed E-state index contributed by atoms with van der Waals surface area (Å²) in [6.07, 6.45) is 0. The lowest BCUT2D eigenvalue weighted by atomic mass is 9.86. The Hall–Kier alpha value is -0.810. The van der Waals surface area contributed by atoms with Gasteiger partial charge in [0.25, 0.3) is 0 Å². The van der Waals surface area contributed by atoms with Crippen LogP contribution in [0.1, 0.15) is 41.5 Å². The summed E-state index contributed by atoms with van der Waals surface area (Å²) < 4.78 is 0. The summed E-state index contributed by atoms with van der Waals surface area (Å²) in [7, 11) is 0. The van der Waals surface area contributed by atoms with Crippen molar-refractivity contribution in [1.29, 1.82) is 0 Å². The fraction of sp³-hybridized carbons (Fsp3) is 0.867. The second kappa shape index (κ2) is 6.97. The van der Waals surface area contributed by atoms with Gasteiger partial charge in [0, 0.05) is 31.6 Å². The van der Waals surface area contributed by atoms with Gasteiger partial charge in [-0.3, -0.25) is 9.59 Å². The second-order valence-corrected chi connectivity index (χ2v) is 7.71. The van der Waals surface area contributed by atoms with Crippen LogP contribution in [0.25, 0.3) is 0 Å². The number of nitrogens with two attached hydrogens (primary N) is 1. The monoisotopic (exact) mass is 319 g/mol. The van der Waals surface area contributed by atoms with Crippen LogP contribution in [-0.4, -0.2) is 53.8 Å². The number of rotatable bonds is 1. The van der Waals surface area contributed by atoms with Gasteiger partial charge in [0.2, 0.25) is 11.8 Å². The van der Waals surface area contributed by atoms with Crippen LogP contribution in [0.2, 0.25) is 0 Å². The summed E-state index contributed by atoms with van der Waals surface area (Å²) in [6.45, 7) is 14.0. The van der Waals surface area contributed by atoms with Crippen molar-refractivity contribution >= 4 is 24.2 Å². The summed E-state index contributed by atoms with van der Waals surface area (Å²) in [6, 6.07) is -0.493.